The normalized spacial score (nSPS) is 16.9. The fraction of sp³-hybridized carbons (Fsp3) is 0.500. The number of para-hydroxylation sites is 1. The van der Waals surface area contributed by atoms with Crippen LogP contribution in [-0.2, 0) is 6.42 Å². The van der Waals surface area contributed by atoms with Gasteiger partial charge in [-0.15, -0.1) is 0 Å². The number of hydrogen-bond acceptors (Lipinski definition) is 2. The summed E-state index contributed by atoms with van der Waals surface area (Å²) in [5.74, 6) is 0.691. The van der Waals surface area contributed by atoms with Crippen LogP contribution in [0.3, 0.4) is 0 Å². The van der Waals surface area contributed by atoms with Crippen LogP contribution in [0.4, 0.5) is 10.5 Å². The highest BCUT2D eigenvalue weighted by molar-refractivity contribution is 5.74. The molecule has 1 aliphatic rings. The molecular formula is C14H21N2O2+. The van der Waals surface area contributed by atoms with E-state index in [4.69, 9.17) is 4.74 Å². The highest BCUT2D eigenvalue weighted by atomic mass is 16.6. The first-order valence-electron chi connectivity index (χ1n) is 6.26. The number of fused-ring (bicyclic) bond motifs is 1. The molecule has 0 saturated heterocycles. The van der Waals surface area contributed by atoms with Crippen LogP contribution in [0.15, 0.2) is 18.2 Å². The molecule has 1 amide bonds. The summed E-state index contributed by atoms with van der Waals surface area (Å²) in [6.45, 7) is 1.07. The van der Waals surface area contributed by atoms with Crippen molar-refractivity contribution in [2.24, 2.45) is 0 Å². The average Bonchev–Trinajstić information content (AvgIpc) is 2.28. The summed E-state index contributed by atoms with van der Waals surface area (Å²) < 4.78 is 6.25. The SMILES string of the molecule is CN(C)C(=O)Oc1cccc2c1[N+](C)(C)CCC2. The first-order chi connectivity index (χ1) is 8.42. The Morgan fingerprint density at radius 3 is 2.72 bits per heavy atom. The van der Waals surface area contributed by atoms with Gasteiger partial charge in [-0.2, -0.15) is 0 Å². The van der Waals surface area contributed by atoms with Crippen molar-refractivity contribution >= 4 is 11.8 Å². The zero-order chi connectivity index (χ0) is 13.3. The van der Waals surface area contributed by atoms with Crippen LogP contribution in [0.25, 0.3) is 0 Å². The first kappa shape index (κ1) is 12.9. The summed E-state index contributed by atoms with van der Waals surface area (Å²) in [7, 11) is 7.70. The van der Waals surface area contributed by atoms with E-state index in [1.54, 1.807) is 14.1 Å². The van der Waals surface area contributed by atoms with E-state index in [2.05, 4.69) is 20.2 Å². The quantitative estimate of drug-likeness (QED) is 0.714. The van der Waals surface area contributed by atoms with Crippen LogP contribution in [0.2, 0.25) is 0 Å². The number of carbonyl (C=O) groups excluding carboxylic acids is 1. The van der Waals surface area contributed by atoms with Crippen LogP contribution in [-0.4, -0.2) is 45.7 Å². The molecule has 4 nitrogen and oxygen atoms in total. The Kier molecular flexibility index (Phi) is 3.30. The smallest absolute Gasteiger partial charge is 0.404 e. The second-order valence-corrected chi connectivity index (χ2v) is 5.54. The Bertz CT molecular complexity index is 467. The Balaban J connectivity index is 2.40. The summed E-state index contributed by atoms with van der Waals surface area (Å²) in [5.41, 5.74) is 2.43. The van der Waals surface area contributed by atoms with Crippen LogP contribution in [0, 0.1) is 0 Å². The maximum absolute atomic E-state index is 11.7. The van der Waals surface area contributed by atoms with Crippen molar-refractivity contribution in [3.05, 3.63) is 23.8 Å². The molecule has 0 radical (unpaired) electrons. The van der Waals surface area contributed by atoms with E-state index in [-0.39, 0.29) is 6.09 Å². The molecule has 98 valence electrons. The van der Waals surface area contributed by atoms with E-state index < -0.39 is 0 Å². The minimum absolute atomic E-state index is 0.325. The Hall–Kier alpha value is -1.55. The van der Waals surface area contributed by atoms with E-state index in [1.165, 1.54) is 16.9 Å². The molecule has 2 rings (SSSR count). The number of rotatable bonds is 1. The molecule has 0 bridgehead atoms. The highest BCUT2D eigenvalue weighted by Crippen LogP contribution is 2.39. The van der Waals surface area contributed by atoms with Gasteiger partial charge >= 0.3 is 6.09 Å². The number of quaternary nitrogens is 1. The maximum Gasteiger partial charge on any atom is 0.414 e. The van der Waals surface area contributed by atoms with Gasteiger partial charge < -0.3 is 9.64 Å². The molecule has 0 fully saturated rings. The van der Waals surface area contributed by atoms with Crippen LogP contribution >= 0.6 is 0 Å². The van der Waals surface area contributed by atoms with Crippen molar-refractivity contribution in [1.82, 2.24) is 9.38 Å². The fourth-order valence-corrected chi connectivity index (χ4v) is 2.50. The number of ether oxygens (including phenoxy) is 1. The lowest BCUT2D eigenvalue weighted by molar-refractivity contribution is 0.170. The molecule has 0 unspecified atom stereocenters. The third-order valence-corrected chi connectivity index (χ3v) is 3.41. The van der Waals surface area contributed by atoms with Crippen molar-refractivity contribution in [2.75, 3.05) is 34.7 Å². The van der Waals surface area contributed by atoms with Crippen molar-refractivity contribution in [2.45, 2.75) is 12.8 Å². The van der Waals surface area contributed by atoms with E-state index in [9.17, 15) is 4.79 Å². The summed E-state index contributed by atoms with van der Waals surface area (Å²) in [6, 6.07) is 5.97. The molecule has 1 aliphatic heterocycles. The molecule has 0 aromatic heterocycles. The molecule has 1 heterocycles. The average molecular weight is 249 g/mol. The fourth-order valence-electron chi connectivity index (χ4n) is 2.50. The van der Waals surface area contributed by atoms with Gasteiger partial charge in [-0.05, 0) is 12.5 Å². The third-order valence-electron chi connectivity index (χ3n) is 3.41. The molecule has 0 atom stereocenters. The van der Waals surface area contributed by atoms with Crippen molar-refractivity contribution < 1.29 is 9.53 Å². The monoisotopic (exact) mass is 249 g/mol. The molecule has 0 N–H and O–H groups in total. The standard InChI is InChI=1S/C14H21N2O2/c1-15(2)14(17)18-12-9-5-7-11-8-6-10-16(3,4)13(11)12/h5,7,9H,6,8,10H2,1-4H3/q+1. The maximum atomic E-state index is 11.7. The molecule has 1 aromatic rings. The van der Waals surface area contributed by atoms with Gasteiger partial charge in [0.05, 0.1) is 20.6 Å². The number of hydrogen-bond donors (Lipinski definition) is 0. The second kappa shape index (κ2) is 4.61. The Labute approximate surface area is 108 Å². The van der Waals surface area contributed by atoms with E-state index in [1.807, 2.05) is 12.1 Å². The highest BCUT2D eigenvalue weighted by Gasteiger charge is 2.31. The molecular weight excluding hydrogens is 228 g/mol. The molecule has 0 saturated carbocycles. The van der Waals surface area contributed by atoms with Crippen LogP contribution in [0.5, 0.6) is 5.75 Å². The molecule has 0 spiro atoms. The molecule has 1 aromatic carbocycles. The number of aryl methyl sites for hydroxylation is 1. The summed E-state index contributed by atoms with van der Waals surface area (Å²) in [4.78, 5) is 13.2. The predicted octanol–water partition coefficient (Wildman–Crippen LogP) is 2.26. The topological polar surface area (TPSA) is 29.5 Å². The number of benzene rings is 1. The summed E-state index contributed by atoms with van der Waals surface area (Å²) >= 11 is 0. The molecule has 4 heteroatoms. The van der Waals surface area contributed by atoms with E-state index in [0.717, 1.165) is 23.1 Å². The Morgan fingerprint density at radius 2 is 2.06 bits per heavy atom. The Morgan fingerprint density at radius 1 is 1.33 bits per heavy atom. The lowest BCUT2D eigenvalue weighted by Crippen LogP contribution is -2.45. The van der Waals surface area contributed by atoms with Gasteiger partial charge in [0.1, 0.15) is 0 Å². The first-order valence-corrected chi connectivity index (χ1v) is 6.26. The number of amides is 1. The van der Waals surface area contributed by atoms with Gasteiger partial charge in [-0.25, -0.2) is 4.79 Å². The van der Waals surface area contributed by atoms with Gasteiger partial charge in [-0.1, -0.05) is 12.1 Å². The minimum Gasteiger partial charge on any atom is -0.404 e. The van der Waals surface area contributed by atoms with Gasteiger partial charge in [0.25, 0.3) is 0 Å². The van der Waals surface area contributed by atoms with Crippen molar-refractivity contribution in [1.29, 1.82) is 0 Å². The van der Waals surface area contributed by atoms with Gasteiger partial charge in [0.15, 0.2) is 11.4 Å². The number of nitrogens with zero attached hydrogens (tertiary/aromatic N) is 2. The lowest BCUT2D eigenvalue weighted by Gasteiger charge is -2.35. The van der Waals surface area contributed by atoms with Crippen molar-refractivity contribution in [3.63, 3.8) is 0 Å². The van der Waals surface area contributed by atoms with Crippen LogP contribution in [0.1, 0.15) is 12.0 Å². The van der Waals surface area contributed by atoms with Gasteiger partial charge in [0, 0.05) is 26.1 Å². The molecule has 0 aliphatic carbocycles. The zero-order valence-corrected chi connectivity index (χ0v) is 11.6. The molecule has 18 heavy (non-hydrogen) atoms. The summed E-state index contributed by atoms with van der Waals surface area (Å²) in [5, 5.41) is 0. The van der Waals surface area contributed by atoms with Gasteiger partial charge in [0.2, 0.25) is 0 Å². The van der Waals surface area contributed by atoms with E-state index in [0.29, 0.717) is 5.75 Å². The minimum atomic E-state index is -0.325. The van der Waals surface area contributed by atoms with Crippen LogP contribution < -0.4 is 9.22 Å². The van der Waals surface area contributed by atoms with E-state index >= 15 is 0 Å². The van der Waals surface area contributed by atoms with Crippen molar-refractivity contribution in [3.8, 4) is 5.75 Å². The second-order valence-electron chi connectivity index (χ2n) is 5.54. The largest absolute Gasteiger partial charge is 0.414 e. The number of carbonyl (C=O) groups is 1. The lowest BCUT2D eigenvalue weighted by atomic mass is 9.99. The summed E-state index contributed by atoms with van der Waals surface area (Å²) in [6.07, 6.45) is 1.91. The zero-order valence-electron chi connectivity index (χ0n) is 11.6. The van der Waals surface area contributed by atoms with Gasteiger partial charge in [-0.3, -0.25) is 4.48 Å². The third kappa shape index (κ3) is 2.34. The predicted molar refractivity (Wildman–Crippen MR) is 73.0 cm³/mol.